The standard InChI is InChI=1S/C24H21ClN2O3.C23H19ClN2O3/c1-26-22-13-17(12-18-9-10-19(25)14-20(18)23(28)30-2)8-11-21(22)27(24(26)29)15-16-6-4-3-5-7-16;1-25-21-12-16(11-17-8-9-18(24)13-19(17)22(27)28)7-10-20(21)26(23(25)29)14-15-5-3-2-4-6-15/h3-11,13-14H,12,15H2,1-2H3;2-10,12-13H,11,14H2,1H3,(H,27,28). The topological polar surface area (TPSA) is 117 Å². The lowest BCUT2D eigenvalue weighted by Gasteiger charge is -2.09. The molecule has 0 bridgehead atoms. The zero-order valence-electron chi connectivity index (χ0n) is 32.6. The van der Waals surface area contributed by atoms with Gasteiger partial charge in [-0.1, -0.05) is 108 Å². The van der Waals surface area contributed by atoms with E-state index in [1.807, 2.05) is 103 Å². The van der Waals surface area contributed by atoms with Gasteiger partial charge in [-0.3, -0.25) is 18.3 Å². The van der Waals surface area contributed by atoms with Gasteiger partial charge in [-0.05, 0) is 94.8 Å². The van der Waals surface area contributed by atoms with Crippen LogP contribution in [0.3, 0.4) is 0 Å². The number of hydrogen-bond acceptors (Lipinski definition) is 5. The van der Waals surface area contributed by atoms with Gasteiger partial charge in [0.1, 0.15) is 0 Å². The molecule has 0 fully saturated rings. The van der Waals surface area contributed by atoms with Crippen molar-refractivity contribution in [2.75, 3.05) is 7.11 Å². The molecule has 298 valence electrons. The van der Waals surface area contributed by atoms with Crippen LogP contribution < -0.4 is 11.4 Å². The summed E-state index contributed by atoms with van der Waals surface area (Å²) < 4.78 is 11.7. The number of methoxy groups -OCH3 is 1. The molecule has 8 rings (SSSR count). The number of esters is 1. The lowest BCUT2D eigenvalue weighted by atomic mass is 9.99. The summed E-state index contributed by atoms with van der Waals surface area (Å²) in [5.41, 5.74) is 9.40. The predicted octanol–water partition coefficient (Wildman–Crippen LogP) is 8.75. The number of halogens is 2. The van der Waals surface area contributed by atoms with E-state index < -0.39 is 11.9 Å². The van der Waals surface area contributed by atoms with Crippen LogP contribution in [0, 0.1) is 0 Å². The molecule has 10 nitrogen and oxygen atoms in total. The number of benzene rings is 6. The maximum absolute atomic E-state index is 12.8. The molecular weight excluding hydrogens is 787 g/mol. The van der Waals surface area contributed by atoms with Crippen molar-refractivity contribution in [3.8, 4) is 0 Å². The van der Waals surface area contributed by atoms with Crippen molar-refractivity contribution in [2.24, 2.45) is 14.1 Å². The van der Waals surface area contributed by atoms with Crippen LogP contribution in [0.25, 0.3) is 22.1 Å². The lowest BCUT2D eigenvalue weighted by molar-refractivity contribution is 0.0598. The van der Waals surface area contributed by atoms with Crippen LogP contribution in [0.5, 0.6) is 0 Å². The van der Waals surface area contributed by atoms with Gasteiger partial charge in [0, 0.05) is 24.1 Å². The van der Waals surface area contributed by atoms with E-state index in [4.69, 9.17) is 27.9 Å². The number of carbonyl (C=O) groups excluding carboxylic acids is 1. The SMILES string of the molecule is COC(=O)c1cc(Cl)ccc1Cc1ccc2c(c1)n(C)c(=O)n2Cc1ccccc1.Cn1c(=O)n(Cc2ccccc2)c2ccc(Cc3ccc(Cl)cc3C(=O)O)cc21. The number of nitrogens with zero attached hydrogens (tertiary/aromatic N) is 4. The summed E-state index contributed by atoms with van der Waals surface area (Å²) in [4.78, 5) is 49.3. The van der Waals surface area contributed by atoms with Gasteiger partial charge in [-0.2, -0.15) is 0 Å². The zero-order chi connectivity index (χ0) is 41.8. The Balaban J connectivity index is 0.000000179. The Morgan fingerprint density at radius 2 is 0.966 bits per heavy atom. The zero-order valence-corrected chi connectivity index (χ0v) is 34.1. The number of imidazole rings is 2. The molecule has 0 radical (unpaired) electrons. The summed E-state index contributed by atoms with van der Waals surface area (Å²) in [6, 6.07) is 41.6. The minimum Gasteiger partial charge on any atom is -0.478 e. The Morgan fingerprint density at radius 3 is 1.39 bits per heavy atom. The molecule has 1 N–H and O–H groups in total. The second kappa shape index (κ2) is 17.5. The van der Waals surface area contributed by atoms with E-state index in [1.54, 1.807) is 56.6 Å². The molecule has 0 saturated carbocycles. The molecule has 6 aromatic carbocycles. The van der Waals surface area contributed by atoms with Crippen LogP contribution >= 0.6 is 23.2 Å². The van der Waals surface area contributed by atoms with Crippen LogP contribution in [-0.4, -0.2) is 42.4 Å². The van der Waals surface area contributed by atoms with Gasteiger partial charge < -0.3 is 9.84 Å². The van der Waals surface area contributed by atoms with Crippen molar-refractivity contribution in [1.29, 1.82) is 0 Å². The minimum atomic E-state index is -1.01. The van der Waals surface area contributed by atoms with Crippen LogP contribution in [0.4, 0.5) is 0 Å². The fourth-order valence-corrected chi connectivity index (χ4v) is 7.65. The van der Waals surface area contributed by atoms with Gasteiger partial charge in [0.05, 0.1) is 53.4 Å². The molecule has 12 heteroatoms. The number of aromatic carboxylic acids is 1. The van der Waals surface area contributed by atoms with Crippen molar-refractivity contribution in [2.45, 2.75) is 25.9 Å². The van der Waals surface area contributed by atoms with E-state index in [1.165, 1.54) is 13.2 Å². The predicted molar refractivity (Wildman–Crippen MR) is 232 cm³/mol. The molecule has 0 aliphatic rings. The van der Waals surface area contributed by atoms with Crippen molar-refractivity contribution < 1.29 is 19.4 Å². The number of ether oxygens (including phenoxy) is 1. The Hall–Kier alpha value is -6.62. The van der Waals surface area contributed by atoms with Crippen LogP contribution in [0.1, 0.15) is 54.1 Å². The Bertz CT molecular complexity index is 2970. The van der Waals surface area contributed by atoms with Crippen LogP contribution in [0.2, 0.25) is 10.0 Å². The monoisotopic (exact) mass is 826 g/mol. The second-order valence-corrected chi connectivity index (χ2v) is 15.1. The van der Waals surface area contributed by atoms with E-state index in [9.17, 15) is 24.3 Å². The minimum absolute atomic E-state index is 0.0623. The number of aromatic nitrogens is 4. The highest BCUT2D eigenvalue weighted by molar-refractivity contribution is 6.31. The van der Waals surface area contributed by atoms with Crippen molar-refractivity contribution in [3.63, 3.8) is 0 Å². The quantitative estimate of drug-likeness (QED) is 0.138. The van der Waals surface area contributed by atoms with E-state index in [2.05, 4.69) is 0 Å². The van der Waals surface area contributed by atoms with Crippen molar-refractivity contribution in [1.82, 2.24) is 18.3 Å². The molecule has 0 unspecified atom stereocenters. The molecule has 8 aromatic rings. The summed E-state index contributed by atoms with van der Waals surface area (Å²) in [5, 5.41) is 10.3. The number of hydrogen-bond donors (Lipinski definition) is 1. The summed E-state index contributed by atoms with van der Waals surface area (Å²) in [6.45, 7) is 1.01. The van der Waals surface area contributed by atoms with Crippen LogP contribution in [-0.2, 0) is 44.8 Å². The summed E-state index contributed by atoms with van der Waals surface area (Å²) in [5.74, 6) is -1.43. The lowest BCUT2D eigenvalue weighted by Crippen LogP contribution is -2.22. The fourth-order valence-electron chi connectivity index (χ4n) is 7.31. The summed E-state index contributed by atoms with van der Waals surface area (Å²) in [7, 11) is 4.88. The molecule has 0 aliphatic carbocycles. The van der Waals surface area contributed by atoms with Gasteiger partial charge in [0.2, 0.25) is 0 Å². The fraction of sp³-hybridized carbons (Fsp3) is 0.149. The molecule has 0 amide bonds. The van der Waals surface area contributed by atoms with E-state index in [0.29, 0.717) is 47.1 Å². The molecule has 59 heavy (non-hydrogen) atoms. The van der Waals surface area contributed by atoms with Crippen LogP contribution in [0.15, 0.2) is 143 Å². The highest BCUT2D eigenvalue weighted by Gasteiger charge is 2.17. The van der Waals surface area contributed by atoms with Gasteiger partial charge in [-0.25, -0.2) is 19.2 Å². The average Bonchev–Trinajstić information content (AvgIpc) is 3.62. The highest BCUT2D eigenvalue weighted by Crippen LogP contribution is 2.25. The summed E-state index contributed by atoms with van der Waals surface area (Å²) >= 11 is 12.0. The van der Waals surface area contributed by atoms with Crippen molar-refractivity contribution in [3.05, 3.63) is 209 Å². The molecule has 0 aliphatic heterocycles. The first-order valence-electron chi connectivity index (χ1n) is 18.7. The van der Waals surface area contributed by atoms with Gasteiger partial charge >= 0.3 is 23.3 Å². The number of carboxylic acid groups (broad SMARTS) is 1. The molecule has 0 atom stereocenters. The molecular formula is C47H40Cl2N4O6. The Morgan fingerprint density at radius 1 is 0.542 bits per heavy atom. The molecule has 0 spiro atoms. The van der Waals surface area contributed by atoms with E-state index in [0.717, 1.165) is 49.9 Å². The van der Waals surface area contributed by atoms with Gasteiger partial charge in [0.15, 0.2) is 0 Å². The second-order valence-electron chi connectivity index (χ2n) is 14.2. The van der Waals surface area contributed by atoms with E-state index in [-0.39, 0.29) is 16.9 Å². The number of carboxylic acids is 1. The first-order valence-corrected chi connectivity index (χ1v) is 19.5. The average molecular weight is 828 g/mol. The normalized spacial score (nSPS) is 11.1. The number of carbonyl (C=O) groups is 2. The van der Waals surface area contributed by atoms with Gasteiger partial charge in [-0.15, -0.1) is 0 Å². The maximum atomic E-state index is 12.8. The molecule has 2 aromatic heterocycles. The van der Waals surface area contributed by atoms with Gasteiger partial charge in [0.25, 0.3) is 0 Å². The maximum Gasteiger partial charge on any atom is 0.338 e. The number of fused-ring (bicyclic) bond motifs is 2. The third-order valence-electron chi connectivity index (χ3n) is 10.4. The Labute approximate surface area is 349 Å². The summed E-state index contributed by atoms with van der Waals surface area (Å²) in [6.07, 6.45) is 0.961. The molecule has 0 saturated heterocycles. The smallest absolute Gasteiger partial charge is 0.338 e. The first kappa shape index (κ1) is 40.6. The third kappa shape index (κ3) is 8.79. The van der Waals surface area contributed by atoms with Crippen molar-refractivity contribution >= 4 is 57.2 Å². The number of rotatable bonds is 10. The molecule has 2 heterocycles. The third-order valence-corrected chi connectivity index (χ3v) is 10.8. The largest absolute Gasteiger partial charge is 0.478 e. The highest BCUT2D eigenvalue weighted by atomic mass is 35.5. The Kier molecular flexibility index (Phi) is 12.0. The van der Waals surface area contributed by atoms with E-state index >= 15 is 0 Å². The first-order chi connectivity index (χ1) is 28.4. The number of aryl methyl sites for hydroxylation is 2.